The molecular weight excluding hydrogens is 233 g/mol. The minimum atomic E-state index is -0.872. The van der Waals surface area contributed by atoms with Gasteiger partial charge in [-0.3, -0.25) is 4.79 Å². The first-order chi connectivity index (χ1) is 8.62. The molecule has 3 nitrogen and oxygen atoms in total. The second-order valence-corrected chi connectivity index (χ2v) is 4.88. The van der Waals surface area contributed by atoms with E-state index in [1.807, 2.05) is 0 Å². The summed E-state index contributed by atoms with van der Waals surface area (Å²) in [6.45, 7) is -0.0511. The molecule has 0 unspecified atom stereocenters. The van der Waals surface area contributed by atoms with E-state index in [1.165, 1.54) is 6.07 Å². The van der Waals surface area contributed by atoms with Gasteiger partial charge < -0.3 is 10.5 Å². The zero-order valence-corrected chi connectivity index (χ0v) is 10.3. The number of esters is 1. The molecule has 4 heteroatoms. The molecule has 0 heterocycles. The summed E-state index contributed by atoms with van der Waals surface area (Å²) in [7, 11) is 0. The molecule has 0 bridgehead atoms. The van der Waals surface area contributed by atoms with Crippen molar-refractivity contribution in [2.45, 2.75) is 44.2 Å². The van der Waals surface area contributed by atoms with Crippen molar-refractivity contribution in [2.24, 2.45) is 5.73 Å². The van der Waals surface area contributed by atoms with E-state index in [4.69, 9.17) is 10.5 Å². The highest BCUT2D eigenvalue weighted by atomic mass is 19.1. The second-order valence-electron chi connectivity index (χ2n) is 4.88. The van der Waals surface area contributed by atoms with Crippen LogP contribution in [0.5, 0.6) is 0 Å². The lowest BCUT2D eigenvalue weighted by Gasteiger charge is -2.30. The summed E-state index contributed by atoms with van der Waals surface area (Å²) < 4.78 is 18.5. The third-order valence-electron chi connectivity index (χ3n) is 3.47. The van der Waals surface area contributed by atoms with Crippen LogP contribution in [0.2, 0.25) is 0 Å². The fourth-order valence-electron chi connectivity index (χ4n) is 2.29. The first-order valence-electron chi connectivity index (χ1n) is 6.31. The maximum atomic E-state index is 13.4. The van der Waals surface area contributed by atoms with Gasteiger partial charge in [0.15, 0.2) is 0 Å². The van der Waals surface area contributed by atoms with Crippen LogP contribution in [0.15, 0.2) is 24.3 Å². The Morgan fingerprint density at radius 3 is 2.61 bits per heavy atom. The predicted octanol–water partition coefficient (Wildman–Crippen LogP) is 2.53. The molecule has 1 aromatic carbocycles. The van der Waals surface area contributed by atoms with Crippen molar-refractivity contribution in [1.82, 2.24) is 0 Å². The van der Waals surface area contributed by atoms with Gasteiger partial charge in [0.25, 0.3) is 0 Å². The quantitative estimate of drug-likeness (QED) is 0.840. The Morgan fingerprint density at radius 2 is 1.94 bits per heavy atom. The van der Waals surface area contributed by atoms with Crippen LogP contribution < -0.4 is 5.73 Å². The van der Waals surface area contributed by atoms with E-state index in [9.17, 15) is 9.18 Å². The van der Waals surface area contributed by atoms with E-state index < -0.39 is 11.5 Å². The molecule has 0 atom stereocenters. The highest BCUT2D eigenvalue weighted by Gasteiger charge is 2.36. The zero-order chi connectivity index (χ0) is 13.0. The molecule has 0 amide bonds. The Kier molecular flexibility index (Phi) is 3.97. The molecule has 0 aromatic heterocycles. The minimum Gasteiger partial charge on any atom is -0.459 e. The van der Waals surface area contributed by atoms with Crippen molar-refractivity contribution in [2.75, 3.05) is 0 Å². The third kappa shape index (κ3) is 2.88. The van der Waals surface area contributed by atoms with Crippen LogP contribution >= 0.6 is 0 Å². The predicted molar refractivity (Wildman–Crippen MR) is 66.2 cm³/mol. The lowest BCUT2D eigenvalue weighted by atomic mass is 9.83. The van der Waals surface area contributed by atoms with Crippen molar-refractivity contribution >= 4 is 5.97 Å². The topological polar surface area (TPSA) is 52.3 Å². The van der Waals surface area contributed by atoms with Crippen LogP contribution in [0.3, 0.4) is 0 Å². The number of hydrogen-bond acceptors (Lipinski definition) is 3. The van der Waals surface area contributed by atoms with Crippen LogP contribution in [0.1, 0.15) is 37.7 Å². The number of carbonyl (C=O) groups excluding carboxylic acids is 1. The molecule has 1 aromatic rings. The van der Waals surface area contributed by atoms with E-state index in [0.29, 0.717) is 18.4 Å². The fraction of sp³-hybridized carbons (Fsp3) is 0.500. The lowest BCUT2D eigenvalue weighted by Crippen LogP contribution is -2.50. The van der Waals surface area contributed by atoms with Gasteiger partial charge in [-0.05, 0) is 18.9 Å². The van der Waals surface area contributed by atoms with E-state index in [2.05, 4.69) is 0 Å². The van der Waals surface area contributed by atoms with Crippen LogP contribution in [-0.4, -0.2) is 11.5 Å². The average Bonchev–Trinajstić information content (AvgIpc) is 2.38. The lowest BCUT2D eigenvalue weighted by molar-refractivity contribution is -0.153. The van der Waals surface area contributed by atoms with Gasteiger partial charge in [-0.15, -0.1) is 0 Å². The maximum Gasteiger partial charge on any atom is 0.326 e. The van der Waals surface area contributed by atoms with Gasteiger partial charge >= 0.3 is 5.97 Å². The second kappa shape index (κ2) is 5.48. The van der Waals surface area contributed by atoms with Crippen LogP contribution in [-0.2, 0) is 16.1 Å². The molecule has 18 heavy (non-hydrogen) atoms. The molecule has 1 fully saturated rings. The van der Waals surface area contributed by atoms with Crippen molar-refractivity contribution in [1.29, 1.82) is 0 Å². The Morgan fingerprint density at radius 1 is 1.28 bits per heavy atom. The molecule has 0 spiro atoms. The van der Waals surface area contributed by atoms with E-state index in [1.54, 1.807) is 18.2 Å². The molecule has 2 rings (SSSR count). The summed E-state index contributed by atoms with van der Waals surface area (Å²) in [6, 6.07) is 6.27. The summed E-state index contributed by atoms with van der Waals surface area (Å²) in [5.74, 6) is -0.773. The summed E-state index contributed by atoms with van der Waals surface area (Å²) in [5.41, 5.74) is 5.54. The van der Waals surface area contributed by atoms with E-state index in [0.717, 1.165) is 19.3 Å². The standard InChI is InChI=1S/C14H18FNO2/c15-12-7-3-2-6-11(12)10-18-13(17)14(16)8-4-1-5-9-14/h2-3,6-7H,1,4-5,8-10,16H2. The Labute approximate surface area is 106 Å². The molecule has 1 aliphatic carbocycles. The number of hydrogen-bond donors (Lipinski definition) is 1. The van der Waals surface area contributed by atoms with Crippen LogP contribution in [0.4, 0.5) is 4.39 Å². The number of rotatable bonds is 3. The van der Waals surface area contributed by atoms with E-state index >= 15 is 0 Å². The molecule has 98 valence electrons. The Bertz CT molecular complexity index is 428. The number of ether oxygens (including phenoxy) is 1. The molecule has 2 N–H and O–H groups in total. The Balaban J connectivity index is 1.94. The van der Waals surface area contributed by atoms with Crippen molar-refractivity contribution in [3.63, 3.8) is 0 Å². The van der Waals surface area contributed by atoms with Gasteiger partial charge in [0.2, 0.25) is 0 Å². The molecule has 0 aliphatic heterocycles. The molecule has 0 radical (unpaired) electrons. The zero-order valence-electron chi connectivity index (χ0n) is 10.3. The largest absolute Gasteiger partial charge is 0.459 e. The van der Waals surface area contributed by atoms with Crippen LogP contribution in [0.25, 0.3) is 0 Å². The van der Waals surface area contributed by atoms with Gasteiger partial charge in [-0.2, -0.15) is 0 Å². The molecular formula is C14H18FNO2. The smallest absolute Gasteiger partial charge is 0.326 e. The summed E-state index contributed by atoms with van der Waals surface area (Å²) in [5, 5.41) is 0. The summed E-state index contributed by atoms with van der Waals surface area (Å²) in [6.07, 6.45) is 4.32. The van der Waals surface area contributed by atoms with Gasteiger partial charge in [-0.1, -0.05) is 37.5 Å². The van der Waals surface area contributed by atoms with Gasteiger partial charge in [0, 0.05) is 5.56 Å². The van der Waals surface area contributed by atoms with Gasteiger partial charge in [-0.25, -0.2) is 4.39 Å². The number of halogens is 1. The average molecular weight is 251 g/mol. The summed E-state index contributed by atoms with van der Waals surface area (Å²) in [4.78, 5) is 11.9. The number of nitrogens with two attached hydrogens (primary N) is 1. The third-order valence-corrected chi connectivity index (χ3v) is 3.47. The highest BCUT2D eigenvalue weighted by Crippen LogP contribution is 2.27. The first kappa shape index (κ1) is 13.0. The molecule has 0 saturated heterocycles. The first-order valence-corrected chi connectivity index (χ1v) is 6.31. The summed E-state index contributed by atoms with van der Waals surface area (Å²) >= 11 is 0. The van der Waals surface area contributed by atoms with Crippen LogP contribution in [0, 0.1) is 5.82 Å². The van der Waals surface area contributed by atoms with Crippen molar-refractivity contribution in [3.8, 4) is 0 Å². The SMILES string of the molecule is NC1(C(=O)OCc2ccccc2F)CCCCC1. The number of benzene rings is 1. The molecule has 1 aliphatic rings. The fourth-order valence-corrected chi connectivity index (χ4v) is 2.29. The van der Waals surface area contributed by atoms with Crippen molar-refractivity contribution in [3.05, 3.63) is 35.6 Å². The van der Waals surface area contributed by atoms with Crippen molar-refractivity contribution < 1.29 is 13.9 Å². The van der Waals surface area contributed by atoms with Gasteiger partial charge in [0.1, 0.15) is 18.0 Å². The maximum absolute atomic E-state index is 13.4. The molecule has 1 saturated carbocycles. The number of carbonyl (C=O) groups is 1. The normalized spacial score (nSPS) is 18.3. The van der Waals surface area contributed by atoms with Gasteiger partial charge in [0.05, 0.1) is 0 Å². The Hall–Kier alpha value is -1.42. The highest BCUT2D eigenvalue weighted by molar-refractivity contribution is 5.80. The van der Waals surface area contributed by atoms with E-state index in [-0.39, 0.29) is 12.4 Å². The monoisotopic (exact) mass is 251 g/mol. The minimum absolute atomic E-state index is 0.0511.